The number of benzene rings is 1. The molecule has 134 valence electrons. The summed E-state index contributed by atoms with van der Waals surface area (Å²) in [4.78, 5) is 18.4. The molecule has 1 aromatic rings. The Labute approximate surface area is 166 Å². The number of hydrogen-bond acceptors (Lipinski definition) is 2. The fraction of sp³-hybridized carbons (Fsp3) is 0.529. The molecule has 0 aromatic heterocycles. The highest BCUT2D eigenvalue weighted by molar-refractivity contribution is 14.0. The number of piperidine rings is 1. The van der Waals surface area contributed by atoms with Crippen LogP contribution in [0.1, 0.15) is 32.6 Å². The Bertz CT molecular complexity index is 542. The number of carbonyl (C=O) groups is 1. The van der Waals surface area contributed by atoms with Gasteiger partial charge in [-0.25, -0.2) is 0 Å². The quantitative estimate of drug-likeness (QED) is 0.302. The summed E-state index contributed by atoms with van der Waals surface area (Å²) in [6, 6.07) is 7.07. The smallest absolute Gasteiger partial charge is 0.224 e. The number of guanidine groups is 1. The first kappa shape index (κ1) is 21.0. The number of nitrogens with two attached hydrogens (primary N) is 1. The zero-order chi connectivity index (χ0) is 16.7. The molecule has 2 rings (SSSR count). The number of halogens is 2. The second-order valence-electron chi connectivity index (χ2n) is 6.07. The van der Waals surface area contributed by atoms with Crippen molar-refractivity contribution >= 4 is 53.1 Å². The highest BCUT2D eigenvalue weighted by Crippen LogP contribution is 2.16. The molecule has 0 saturated carbocycles. The van der Waals surface area contributed by atoms with Crippen molar-refractivity contribution in [2.75, 3.05) is 25.0 Å². The lowest BCUT2D eigenvalue weighted by Gasteiger charge is -2.31. The van der Waals surface area contributed by atoms with E-state index < -0.39 is 0 Å². The predicted molar refractivity (Wildman–Crippen MR) is 111 cm³/mol. The van der Waals surface area contributed by atoms with E-state index in [1.54, 1.807) is 24.3 Å². The van der Waals surface area contributed by atoms with Gasteiger partial charge >= 0.3 is 0 Å². The van der Waals surface area contributed by atoms with Gasteiger partial charge in [0.05, 0.1) is 0 Å². The van der Waals surface area contributed by atoms with Crippen molar-refractivity contribution < 1.29 is 4.79 Å². The summed E-state index contributed by atoms with van der Waals surface area (Å²) >= 11 is 5.81. The van der Waals surface area contributed by atoms with E-state index in [1.165, 1.54) is 12.8 Å². The van der Waals surface area contributed by atoms with Gasteiger partial charge in [0.15, 0.2) is 5.96 Å². The zero-order valence-corrected chi connectivity index (χ0v) is 17.1. The van der Waals surface area contributed by atoms with Crippen LogP contribution in [0.2, 0.25) is 5.02 Å². The molecule has 0 unspecified atom stereocenters. The highest BCUT2D eigenvalue weighted by Gasteiger charge is 2.16. The molecule has 0 atom stereocenters. The molecule has 1 saturated heterocycles. The van der Waals surface area contributed by atoms with Crippen LogP contribution >= 0.6 is 35.6 Å². The van der Waals surface area contributed by atoms with Crippen molar-refractivity contribution in [1.82, 2.24) is 4.90 Å². The van der Waals surface area contributed by atoms with Crippen molar-refractivity contribution in [3.05, 3.63) is 29.3 Å². The Hall–Kier alpha value is -1.02. The van der Waals surface area contributed by atoms with E-state index in [9.17, 15) is 4.79 Å². The first-order valence-electron chi connectivity index (χ1n) is 8.15. The number of rotatable bonds is 5. The van der Waals surface area contributed by atoms with Crippen molar-refractivity contribution in [3.8, 4) is 0 Å². The standard InChI is InChI=1S/C17H25ClN4O.HI/c1-13-8-11-22(12-9-13)17(19)20-10-2-3-16(23)21-15-6-4-14(18)5-7-15;/h4-7,13H,2-3,8-12H2,1H3,(H2,19,20)(H,21,23);1H. The van der Waals surface area contributed by atoms with Gasteiger partial charge in [-0.1, -0.05) is 18.5 Å². The number of carbonyl (C=O) groups excluding carboxylic acids is 1. The van der Waals surface area contributed by atoms with Crippen molar-refractivity contribution in [2.45, 2.75) is 32.6 Å². The van der Waals surface area contributed by atoms with E-state index in [1.807, 2.05) is 0 Å². The van der Waals surface area contributed by atoms with Gasteiger partial charge in [0.1, 0.15) is 0 Å². The molecular weight excluding hydrogens is 439 g/mol. The van der Waals surface area contributed by atoms with E-state index in [0.717, 1.165) is 24.7 Å². The normalized spacial score (nSPS) is 15.8. The van der Waals surface area contributed by atoms with Crippen LogP contribution in [0.5, 0.6) is 0 Å². The van der Waals surface area contributed by atoms with E-state index in [4.69, 9.17) is 17.3 Å². The van der Waals surface area contributed by atoms with Crippen LogP contribution in [0.4, 0.5) is 5.69 Å². The van der Waals surface area contributed by atoms with Crippen molar-refractivity contribution in [2.24, 2.45) is 16.6 Å². The molecule has 0 aliphatic carbocycles. The van der Waals surface area contributed by atoms with Gasteiger partial charge in [-0.15, -0.1) is 24.0 Å². The van der Waals surface area contributed by atoms with Gasteiger partial charge < -0.3 is 16.0 Å². The Balaban J connectivity index is 0.00000288. The fourth-order valence-corrected chi connectivity index (χ4v) is 2.65. The summed E-state index contributed by atoms with van der Waals surface area (Å²) in [5, 5.41) is 3.49. The van der Waals surface area contributed by atoms with Gasteiger partial charge in [-0.3, -0.25) is 9.79 Å². The first-order valence-corrected chi connectivity index (χ1v) is 8.52. The number of aliphatic imine (C=N–C) groups is 1. The van der Waals surface area contributed by atoms with Gasteiger partial charge in [-0.05, 0) is 49.4 Å². The summed E-state index contributed by atoms with van der Waals surface area (Å²) in [7, 11) is 0. The van der Waals surface area contributed by atoms with Crippen LogP contribution in [-0.4, -0.2) is 36.4 Å². The second-order valence-corrected chi connectivity index (χ2v) is 6.50. The van der Waals surface area contributed by atoms with Crippen LogP contribution in [0, 0.1) is 5.92 Å². The molecule has 1 fully saturated rings. The minimum atomic E-state index is -0.0205. The van der Waals surface area contributed by atoms with Crippen LogP contribution in [0.25, 0.3) is 0 Å². The maximum absolute atomic E-state index is 11.8. The summed E-state index contributed by atoms with van der Waals surface area (Å²) in [6.07, 6.45) is 3.44. The van der Waals surface area contributed by atoms with Crippen LogP contribution in [0.15, 0.2) is 29.3 Å². The number of anilines is 1. The lowest BCUT2D eigenvalue weighted by Crippen LogP contribution is -2.42. The number of hydrogen-bond donors (Lipinski definition) is 2. The average Bonchev–Trinajstić information content (AvgIpc) is 2.54. The van der Waals surface area contributed by atoms with Gasteiger partial charge in [0, 0.05) is 36.8 Å². The Morgan fingerprint density at radius 1 is 1.33 bits per heavy atom. The monoisotopic (exact) mass is 464 g/mol. The largest absolute Gasteiger partial charge is 0.370 e. The number of nitrogens with one attached hydrogen (secondary N) is 1. The summed E-state index contributed by atoms with van der Waals surface area (Å²) in [5.74, 6) is 1.36. The minimum absolute atomic E-state index is 0. The Kier molecular flexibility index (Phi) is 9.43. The van der Waals surface area contributed by atoms with E-state index in [-0.39, 0.29) is 29.9 Å². The van der Waals surface area contributed by atoms with Crippen LogP contribution < -0.4 is 11.1 Å². The SMILES string of the molecule is CC1CCN(C(N)=NCCCC(=O)Nc2ccc(Cl)cc2)CC1.I. The number of likely N-dealkylation sites (tertiary alicyclic amines) is 1. The lowest BCUT2D eigenvalue weighted by molar-refractivity contribution is -0.116. The minimum Gasteiger partial charge on any atom is -0.370 e. The molecule has 0 bridgehead atoms. The third-order valence-electron chi connectivity index (χ3n) is 4.07. The zero-order valence-electron chi connectivity index (χ0n) is 14.0. The number of nitrogens with zero attached hydrogens (tertiary/aromatic N) is 2. The average molecular weight is 465 g/mol. The highest BCUT2D eigenvalue weighted by atomic mass is 127. The van der Waals surface area contributed by atoms with Crippen LogP contribution in [-0.2, 0) is 4.79 Å². The maximum Gasteiger partial charge on any atom is 0.224 e. The molecule has 7 heteroatoms. The Morgan fingerprint density at radius 3 is 2.58 bits per heavy atom. The molecule has 3 N–H and O–H groups in total. The molecule has 1 aliphatic heterocycles. The molecule has 1 aromatic carbocycles. The molecule has 5 nitrogen and oxygen atoms in total. The number of amides is 1. The fourth-order valence-electron chi connectivity index (χ4n) is 2.53. The first-order chi connectivity index (χ1) is 11.0. The van der Waals surface area contributed by atoms with Crippen molar-refractivity contribution in [3.63, 3.8) is 0 Å². The van der Waals surface area contributed by atoms with Gasteiger partial charge in [-0.2, -0.15) is 0 Å². The molecule has 0 spiro atoms. The molecule has 1 aliphatic rings. The maximum atomic E-state index is 11.8. The molecule has 1 heterocycles. The molecule has 0 radical (unpaired) electrons. The third-order valence-corrected chi connectivity index (χ3v) is 4.32. The molecule has 24 heavy (non-hydrogen) atoms. The molecule has 1 amide bonds. The predicted octanol–water partition coefficient (Wildman–Crippen LogP) is 3.72. The summed E-state index contributed by atoms with van der Waals surface area (Å²) in [6.45, 7) is 4.80. The molecular formula is C17H26ClIN4O. The summed E-state index contributed by atoms with van der Waals surface area (Å²) < 4.78 is 0. The van der Waals surface area contributed by atoms with E-state index in [0.29, 0.717) is 30.4 Å². The Morgan fingerprint density at radius 2 is 1.96 bits per heavy atom. The van der Waals surface area contributed by atoms with Gasteiger partial charge in [0.25, 0.3) is 0 Å². The van der Waals surface area contributed by atoms with Gasteiger partial charge in [0.2, 0.25) is 5.91 Å². The van der Waals surface area contributed by atoms with Crippen LogP contribution in [0.3, 0.4) is 0 Å². The topological polar surface area (TPSA) is 70.7 Å². The van der Waals surface area contributed by atoms with Crippen molar-refractivity contribution in [1.29, 1.82) is 0 Å². The third kappa shape index (κ3) is 7.25. The lowest BCUT2D eigenvalue weighted by atomic mass is 10.00. The summed E-state index contributed by atoms with van der Waals surface area (Å²) in [5.41, 5.74) is 6.77. The second kappa shape index (κ2) is 10.8. The van der Waals surface area contributed by atoms with E-state index in [2.05, 4.69) is 22.1 Å². The van der Waals surface area contributed by atoms with E-state index >= 15 is 0 Å².